The van der Waals surface area contributed by atoms with E-state index in [9.17, 15) is 9.59 Å². The minimum atomic E-state index is -0.203. The Morgan fingerprint density at radius 3 is 2.37 bits per heavy atom. The van der Waals surface area contributed by atoms with Gasteiger partial charge in [0.2, 0.25) is 11.8 Å². The van der Waals surface area contributed by atoms with E-state index in [2.05, 4.69) is 16.0 Å². The lowest BCUT2D eigenvalue weighted by atomic mass is 10.3. The van der Waals surface area contributed by atoms with Crippen LogP contribution in [-0.4, -0.2) is 31.4 Å². The van der Waals surface area contributed by atoms with Crippen LogP contribution in [0.2, 0.25) is 5.02 Å². The largest absolute Gasteiger partial charge is 0.355 e. The van der Waals surface area contributed by atoms with Gasteiger partial charge in [-0.1, -0.05) is 18.5 Å². The zero-order valence-corrected chi connectivity index (χ0v) is 11.6. The van der Waals surface area contributed by atoms with Gasteiger partial charge in [0, 0.05) is 17.3 Å². The van der Waals surface area contributed by atoms with Crippen molar-refractivity contribution < 1.29 is 9.59 Å². The van der Waals surface area contributed by atoms with E-state index in [1.54, 1.807) is 24.3 Å². The molecular formula is C13H18ClN3O2. The molecule has 0 aliphatic heterocycles. The topological polar surface area (TPSA) is 70.2 Å². The third-order valence-corrected chi connectivity index (χ3v) is 2.52. The molecule has 0 spiro atoms. The Morgan fingerprint density at radius 1 is 1.11 bits per heavy atom. The third kappa shape index (κ3) is 6.79. The van der Waals surface area contributed by atoms with Crippen LogP contribution in [0.1, 0.15) is 13.3 Å². The first-order chi connectivity index (χ1) is 9.11. The molecule has 0 radical (unpaired) electrons. The van der Waals surface area contributed by atoms with E-state index in [0.717, 1.165) is 6.42 Å². The van der Waals surface area contributed by atoms with Gasteiger partial charge in [0.25, 0.3) is 0 Å². The minimum absolute atomic E-state index is 0.0855. The van der Waals surface area contributed by atoms with Crippen LogP contribution < -0.4 is 16.0 Å². The summed E-state index contributed by atoms with van der Waals surface area (Å²) in [6, 6.07) is 6.83. The van der Waals surface area contributed by atoms with E-state index in [-0.39, 0.29) is 24.9 Å². The molecule has 0 bridgehead atoms. The zero-order chi connectivity index (χ0) is 14.1. The highest BCUT2D eigenvalue weighted by molar-refractivity contribution is 6.30. The van der Waals surface area contributed by atoms with Crippen molar-refractivity contribution in [2.24, 2.45) is 0 Å². The molecule has 0 atom stereocenters. The van der Waals surface area contributed by atoms with Crippen LogP contribution in [-0.2, 0) is 9.59 Å². The maximum atomic E-state index is 11.6. The van der Waals surface area contributed by atoms with Crippen LogP contribution in [0.3, 0.4) is 0 Å². The number of amides is 2. The molecule has 19 heavy (non-hydrogen) atoms. The summed E-state index contributed by atoms with van der Waals surface area (Å²) in [6.45, 7) is 2.85. The van der Waals surface area contributed by atoms with Crippen LogP contribution >= 0.6 is 11.6 Å². The van der Waals surface area contributed by atoms with Gasteiger partial charge in [0.05, 0.1) is 13.1 Å². The number of anilines is 1. The second-order valence-electron chi connectivity index (χ2n) is 4.01. The summed E-state index contributed by atoms with van der Waals surface area (Å²) >= 11 is 5.74. The smallest absolute Gasteiger partial charge is 0.238 e. The monoisotopic (exact) mass is 283 g/mol. The Balaban J connectivity index is 2.21. The molecule has 104 valence electrons. The average molecular weight is 284 g/mol. The lowest BCUT2D eigenvalue weighted by Crippen LogP contribution is -2.37. The summed E-state index contributed by atoms with van der Waals surface area (Å²) in [6.07, 6.45) is 0.892. The van der Waals surface area contributed by atoms with Crippen molar-refractivity contribution in [3.8, 4) is 0 Å². The summed E-state index contributed by atoms with van der Waals surface area (Å²) < 4.78 is 0. The summed E-state index contributed by atoms with van der Waals surface area (Å²) in [4.78, 5) is 22.8. The maximum absolute atomic E-state index is 11.6. The number of hydrogen-bond acceptors (Lipinski definition) is 3. The molecule has 1 rings (SSSR count). The fourth-order valence-electron chi connectivity index (χ4n) is 1.35. The normalized spacial score (nSPS) is 10.0. The third-order valence-electron chi connectivity index (χ3n) is 2.27. The summed E-state index contributed by atoms with van der Waals surface area (Å²) in [5.74, 6) is -0.313. The molecule has 0 saturated carbocycles. The van der Waals surface area contributed by atoms with Crippen molar-refractivity contribution in [3.05, 3.63) is 29.3 Å². The molecule has 0 aromatic heterocycles. The number of halogens is 1. The van der Waals surface area contributed by atoms with Crippen molar-refractivity contribution in [2.45, 2.75) is 13.3 Å². The van der Waals surface area contributed by atoms with E-state index in [1.165, 1.54) is 0 Å². The molecule has 0 fully saturated rings. The number of benzene rings is 1. The van der Waals surface area contributed by atoms with Crippen LogP contribution in [0, 0.1) is 0 Å². The molecule has 1 aromatic carbocycles. The van der Waals surface area contributed by atoms with Gasteiger partial charge < -0.3 is 10.6 Å². The summed E-state index contributed by atoms with van der Waals surface area (Å²) in [5.41, 5.74) is 0.673. The Hall–Kier alpha value is -1.59. The minimum Gasteiger partial charge on any atom is -0.355 e. The first-order valence-electron chi connectivity index (χ1n) is 6.14. The van der Waals surface area contributed by atoms with Crippen molar-refractivity contribution >= 4 is 29.1 Å². The molecular weight excluding hydrogens is 266 g/mol. The fourth-order valence-corrected chi connectivity index (χ4v) is 1.48. The van der Waals surface area contributed by atoms with Gasteiger partial charge >= 0.3 is 0 Å². The number of hydrogen-bond donors (Lipinski definition) is 3. The molecule has 0 unspecified atom stereocenters. The molecule has 3 N–H and O–H groups in total. The molecule has 6 heteroatoms. The quantitative estimate of drug-likeness (QED) is 0.708. The van der Waals surface area contributed by atoms with E-state index < -0.39 is 0 Å². The second kappa shape index (κ2) is 8.50. The fraction of sp³-hybridized carbons (Fsp3) is 0.385. The zero-order valence-electron chi connectivity index (χ0n) is 10.8. The van der Waals surface area contributed by atoms with Crippen molar-refractivity contribution in [2.75, 3.05) is 25.0 Å². The molecule has 5 nitrogen and oxygen atoms in total. The number of carbonyl (C=O) groups excluding carboxylic acids is 2. The van der Waals surface area contributed by atoms with Gasteiger partial charge in [0.1, 0.15) is 0 Å². The highest BCUT2D eigenvalue weighted by atomic mass is 35.5. The highest BCUT2D eigenvalue weighted by Gasteiger charge is 2.04. The van der Waals surface area contributed by atoms with Gasteiger partial charge in [-0.25, -0.2) is 0 Å². The number of nitrogens with one attached hydrogen (secondary N) is 3. The molecule has 1 aromatic rings. The van der Waals surface area contributed by atoms with Gasteiger partial charge in [-0.15, -0.1) is 0 Å². The van der Waals surface area contributed by atoms with Gasteiger partial charge in [-0.05, 0) is 30.7 Å². The Bertz CT molecular complexity index is 420. The number of rotatable bonds is 7. The van der Waals surface area contributed by atoms with Crippen LogP contribution in [0.5, 0.6) is 0 Å². The maximum Gasteiger partial charge on any atom is 0.238 e. The van der Waals surface area contributed by atoms with E-state index in [0.29, 0.717) is 17.3 Å². The second-order valence-corrected chi connectivity index (χ2v) is 4.45. The van der Waals surface area contributed by atoms with Crippen LogP contribution in [0.15, 0.2) is 24.3 Å². The summed E-state index contributed by atoms with van der Waals surface area (Å²) in [7, 11) is 0. The van der Waals surface area contributed by atoms with Crippen molar-refractivity contribution in [1.29, 1.82) is 0 Å². The van der Waals surface area contributed by atoms with Gasteiger partial charge in [-0.2, -0.15) is 0 Å². The molecule has 0 heterocycles. The Morgan fingerprint density at radius 2 is 1.74 bits per heavy atom. The molecule has 0 aliphatic rings. The Labute approximate surface area is 117 Å². The molecule has 0 aliphatic carbocycles. The number of carbonyl (C=O) groups is 2. The first kappa shape index (κ1) is 15.5. The predicted molar refractivity (Wildman–Crippen MR) is 76.3 cm³/mol. The first-order valence-corrected chi connectivity index (χ1v) is 6.52. The van der Waals surface area contributed by atoms with Crippen LogP contribution in [0.4, 0.5) is 5.69 Å². The van der Waals surface area contributed by atoms with Crippen molar-refractivity contribution in [1.82, 2.24) is 10.6 Å². The SMILES string of the molecule is CCCNC(=O)CNCC(=O)Nc1ccc(Cl)cc1. The molecule has 2 amide bonds. The Kier molecular flexibility index (Phi) is 6.92. The van der Waals surface area contributed by atoms with Crippen LogP contribution in [0.25, 0.3) is 0 Å². The lowest BCUT2D eigenvalue weighted by molar-refractivity contribution is -0.120. The standard InChI is InChI=1S/C13H18ClN3O2/c1-2-7-16-12(18)8-15-9-13(19)17-11-5-3-10(14)4-6-11/h3-6,15H,2,7-9H2,1H3,(H,16,18)(H,17,19). The lowest BCUT2D eigenvalue weighted by Gasteiger charge is -2.07. The van der Waals surface area contributed by atoms with E-state index >= 15 is 0 Å². The van der Waals surface area contributed by atoms with E-state index in [4.69, 9.17) is 11.6 Å². The van der Waals surface area contributed by atoms with Crippen molar-refractivity contribution in [3.63, 3.8) is 0 Å². The average Bonchev–Trinajstić information content (AvgIpc) is 2.39. The highest BCUT2D eigenvalue weighted by Crippen LogP contribution is 2.12. The van der Waals surface area contributed by atoms with Gasteiger partial charge in [-0.3, -0.25) is 14.9 Å². The predicted octanol–water partition coefficient (Wildman–Crippen LogP) is 1.39. The van der Waals surface area contributed by atoms with E-state index in [1.807, 2.05) is 6.92 Å². The molecule has 0 saturated heterocycles. The van der Waals surface area contributed by atoms with Gasteiger partial charge in [0.15, 0.2) is 0 Å². The summed E-state index contributed by atoms with van der Waals surface area (Å²) in [5, 5.41) is 8.80.